The van der Waals surface area contributed by atoms with E-state index in [-0.39, 0.29) is 29.7 Å². The van der Waals surface area contributed by atoms with E-state index in [1.54, 1.807) is 18.2 Å². The van der Waals surface area contributed by atoms with Gasteiger partial charge in [-0.1, -0.05) is 31.5 Å². The normalized spacial score (nSPS) is 20.7. The van der Waals surface area contributed by atoms with Gasteiger partial charge in [-0.25, -0.2) is 13.2 Å². The lowest BCUT2D eigenvalue weighted by molar-refractivity contribution is -0.138. The van der Waals surface area contributed by atoms with E-state index in [1.165, 1.54) is 29.4 Å². The molecule has 5 rings (SSSR count). The largest absolute Gasteiger partial charge is 0.425 e. The Bertz CT molecular complexity index is 1410. The lowest BCUT2D eigenvalue weighted by Gasteiger charge is -2.27. The number of ether oxygens (including phenoxy) is 1. The molecule has 3 unspecified atom stereocenters. The summed E-state index contributed by atoms with van der Waals surface area (Å²) < 4.78 is 38.3. The highest BCUT2D eigenvalue weighted by molar-refractivity contribution is 7.89. The van der Waals surface area contributed by atoms with E-state index in [4.69, 9.17) is 9.15 Å². The maximum Gasteiger partial charge on any atom is 0.415 e. The number of pyridine rings is 1. The zero-order valence-corrected chi connectivity index (χ0v) is 20.9. The minimum atomic E-state index is -3.96. The first-order valence-electron chi connectivity index (χ1n) is 12.0. The molecule has 1 aromatic carbocycles. The monoisotopic (exact) mass is 526 g/mol. The van der Waals surface area contributed by atoms with Crippen LogP contribution in [0.2, 0.25) is 0 Å². The molecule has 4 heterocycles. The summed E-state index contributed by atoms with van der Waals surface area (Å²) in [6.45, 7) is 1.73. The fourth-order valence-corrected chi connectivity index (χ4v) is 6.58. The molecule has 2 saturated heterocycles. The van der Waals surface area contributed by atoms with Crippen molar-refractivity contribution in [3.63, 3.8) is 0 Å². The molecule has 3 atom stereocenters. The minimum absolute atomic E-state index is 0.00733. The first kappa shape index (κ1) is 24.9. The minimum Gasteiger partial charge on any atom is -0.425 e. The maximum atomic E-state index is 13.5. The molecule has 0 saturated carbocycles. The number of carbonyl (C=O) groups is 3. The molecule has 2 fully saturated rings. The molecule has 1 N–H and O–H groups in total. The molecule has 194 valence electrons. The van der Waals surface area contributed by atoms with Crippen LogP contribution < -0.4 is 10.1 Å². The highest BCUT2D eigenvalue weighted by Gasteiger charge is 2.54. The quantitative estimate of drug-likeness (QED) is 0.495. The van der Waals surface area contributed by atoms with Crippen molar-refractivity contribution in [2.24, 2.45) is 0 Å². The summed E-state index contributed by atoms with van der Waals surface area (Å²) in [6.07, 6.45) is 3.05. The van der Waals surface area contributed by atoms with Gasteiger partial charge in [-0.05, 0) is 31.0 Å². The molecule has 0 spiro atoms. The third-order valence-corrected chi connectivity index (χ3v) is 8.52. The van der Waals surface area contributed by atoms with Gasteiger partial charge in [0.1, 0.15) is 22.6 Å². The molecular weight excluding hydrogens is 500 g/mol. The number of hydrogen-bond acceptors (Lipinski definition) is 8. The number of furan rings is 1. The van der Waals surface area contributed by atoms with Crippen molar-refractivity contribution in [1.82, 2.24) is 19.5 Å². The van der Waals surface area contributed by atoms with Gasteiger partial charge in [-0.15, -0.1) is 0 Å². The second kappa shape index (κ2) is 9.94. The van der Waals surface area contributed by atoms with Gasteiger partial charge in [0.25, 0.3) is 5.95 Å². The maximum absolute atomic E-state index is 13.5. The number of aromatic nitrogens is 1. The molecule has 11 nitrogen and oxygen atoms in total. The molecular formula is C25H26N4O7S. The van der Waals surface area contributed by atoms with Crippen molar-refractivity contribution < 1.29 is 32.0 Å². The number of para-hydroxylation sites is 1. The van der Waals surface area contributed by atoms with Crippen LogP contribution in [-0.2, 0) is 19.6 Å². The zero-order chi connectivity index (χ0) is 26.2. The van der Waals surface area contributed by atoms with Gasteiger partial charge in [0.05, 0.1) is 12.6 Å². The molecule has 3 aromatic rings. The topological polar surface area (TPSA) is 139 Å². The average molecular weight is 527 g/mol. The zero-order valence-electron chi connectivity index (χ0n) is 20.1. The van der Waals surface area contributed by atoms with Crippen molar-refractivity contribution in [3.8, 4) is 5.95 Å². The van der Waals surface area contributed by atoms with E-state index in [0.717, 1.165) is 9.69 Å². The van der Waals surface area contributed by atoms with E-state index in [2.05, 4.69) is 10.3 Å². The summed E-state index contributed by atoms with van der Waals surface area (Å²) in [5.41, 5.74) is 0.556. The molecule has 0 aliphatic carbocycles. The van der Waals surface area contributed by atoms with Gasteiger partial charge in [-0.2, -0.15) is 4.31 Å². The van der Waals surface area contributed by atoms with Crippen molar-refractivity contribution in [3.05, 3.63) is 54.9 Å². The first-order chi connectivity index (χ1) is 17.8. The van der Waals surface area contributed by atoms with Crippen LogP contribution in [0, 0.1) is 0 Å². The van der Waals surface area contributed by atoms with E-state index >= 15 is 0 Å². The highest BCUT2D eigenvalue weighted by Crippen LogP contribution is 2.34. The summed E-state index contributed by atoms with van der Waals surface area (Å²) in [4.78, 5) is 44.3. The third kappa shape index (κ3) is 4.69. The molecule has 37 heavy (non-hydrogen) atoms. The van der Waals surface area contributed by atoms with Crippen LogP contribution in [0.5, 0.6) is 5.95 Å². The fraction of sp³-hybridized carbons (Fsp3) is 0.360. The van der Waals surface area contributed by atoms with Crippen LogP contribution in [-0.4, -0.2) is 71.6 Å². The van der Waals surface area contributed by atoms with Gasteiger partial charge in [0, 0.05) is 30.4 Å². The Labute approximate surface area is 213 Å². The van der Waals surface area contributed by atoms with Crippen molar-refractivity contribution >= 4 is 38.8 Å². The van der Waals surface area contributed by atoms with Crippen LogP contribution in [0.25, 0.3) is 11.0 Å². The number of nitrogens with zero attached hydrogens (tertiary/aromatic N) is 3. The Kier molecular flexibility index (Phi) is 6.69. The van der Waals surface area contributed by atoms with Crippen LogP contribution >= 0.6 is 0 Å². The van der Waals surface area contributed by atoms with E-state index in [0.29, 0.717) is 24.8 Å². The molecule has 2 aliphatic rings. The Hall–Kier alpha value is -3.77. The predicted molar refractivity (Wildman–Crippen MR) is 131 cm³/mol. The number of hydrogen-bond donors (Lipinski definition) is 1. The van der Waals surface area contributed by atoms with Crippen LogP contribution in [0.1, 0.15) is 26.2 Å². The number of sulfonamides is 1. The van der Waals surface area contributed by atoms with Crippen LogP contribution in [0.4, 0.5) is 4.79 Å². The summed E-state index contributed by atoms with van der Waals surface area (Å²) >= 11 is 0. The van der Waals surface area contributed by atoms with Crippen molar-refractivity contribution in [1.29, 1.82) is 0 Å². The number of benzene rings is 1. The van der Waals surface area contributed by atoms with E-state index < -0.39 is 40.1 Å². The van der Waals surface area contributed by atoms with Gasteiger partial charge >= 0.3 is 6.09 Å². The average Bonchev–Trinajstić information content (AvgIpc) is 3.58. The summed E-state index contributed by atoms with van der Waals surface area (Å²) in [5.74, 6) is -0.821. The molecule has 2 aromatic heterocycles. The number of amides is 2. The smallest absolute Gasteiger partial charge is 0.415 e. The second-order valence-electron chi connectivity index (χ2n) is 9.02. The number of fused-ring (bicyclic) bond motifs is 2. The summed E-state index contributed by atoms with van der Waals surface area (Å²) in [5, 5.41) is 3.35. The lowest BCUT2D eigenvalue weighted by Crippen LogP contribution is -2.53. The number of carbonyl (C=O) groups excluding carboxylic acids is 3. The fourth-order valence-electron chi connectivity index (χ4n) is 4.99. The van der Waals surface area contributed by atoms with Gasteiger partial charge in [0.2, 0.25) is 15.9 Å². The van der Waals surface area contributed by atoms with Crippen molar-refractivity contribution in [2.45, 2.75) is 49.2 Å². The van der Waals surface area contributed by atoms with Gasteiger partial charge in [-0.3, -0.25) is 14.6 Å². The highest BCUT2D eigenvalue weighted by atomic mass is 32.2. The molecule has 2 aliphatic heterocycles. The first-order valence-corrected chi connectivity index (χ1v) is 13.5. The SMILES string of the molecule is CCCC(NC(=O)Oc1cc2ccccc2o1)C(=O)N1CCC2C1C(=O)CN2S(=O)(=O)c1cccnc1. The Balaban J connectivity index is 1.29. The third-order valence-electron chi connectivity index (χ3n) is 6.67. The molecule has 2 amide bonds. The number of likely N-dealkylation sites (tertiary alicyclic amines) is 1. The van der Waals surface area contributed by atoms with E-state index in [1.807, 2.05) is 19.1 Å². The Morgan fingerprint density at radius 2 is 2.05 bits per heavy atom. The number of Topliss-reactive ketones (excluding diaryl/α,β-unsaturated/α-hetero) is 1. The number of nitrogens with one attached hydrogen (secondary N) is 1. The Morgan fingerprint density at radius 3 is 2.78 bits per heavy atom. The predicted octanol–water partition coefficient (Wildman–Crippen LogP) is 2.33. The summed E-state index contributed by atoms with van der Waals surface area (Å²) in [6, 6.07) is 9.15. The van der Waals surface area contributed by atoms with Crippen LogP contribution in [0.15, 0.2) is 64.2 Å². The molecule has 0 radical (unpaired) electrons. The Morgan fingerprint density at radius 1 is 1.24 bits per heavy atom. The second-order valence-corrected chi connectivity index (χ2v) is 10.9. The summed E-state index contributed by atoms with van der Waals surface area (Å²) in [7, 11) is -3.96. The number of ketones is 1. The van der Waals surface area contributed by atoms with Crippen molar-refractivity contribution in [2.75, 3.05) is 13.1 Å². The molecule has 12 heteroatoms. The van der Waals surface area contributed by atoms with Gasteiger partial charge in [0.15, 0.2) is 5.78 Å². The molecule has 0 bridgehead atoms. The lowest BCUT2D eigenvalue weighted by atomic mass is 10.1. The number of rotatable bonds is 7. The standard InChI is InChI=1S/C25H26N4O7S/c1-2-6-18(27-25(32)36-22-13-16-7-3-4-9-21(16)35-22)24(31)28-12-10-19-23(28)20(30)15-29(19)37(33,34)17-8-5-11-26-14-17/h3-5,7-9,11,13-14,18-19,23H,2,6,10,12,15H2,1H3,(H,27,32). The van der Waals surface area contributed by atoms with Crippen LogP contribution in [0.3, 0.4) is 0 Å². The van der Waals surface area contributed by atoms with E-state index in [9.17, 15) is 22.8 Å². The van der Waals surface area contributed by atoms with Gasteiger partial charge < -0.3 is 19.4 Å².